The number of amides is 1. The SMILES string of the molecule is O=C(NCC(F)(F)F)c1ccc(CN(Cc2ccc([N+](=O)[O-])cc2)C2CC2)cc1. The smallest absolute Gasteiger partial charge is 0.343 e. The largest absolute Gasteiger partial charge is 0.405 e. The number of alkyl halides is 3. The van der Waals surface area contributed by atoms with Gasteiger partial charge in [0.2, 0.25) is 0 Å². The van der Waals surface area contributed by atoms with Crippen molar-refractivity contribution in [3.63, 3.8) is 0 Å². The Morgan fingerprint density at radius 2 is 1.55 bits per heavy atom. The second-order valence-corrected chi connectivity index (χ2v) is 7.05. The van der Waals surface area contributed by atoms with Crippen LogP contribution in [0.2, 0.25) is 0 Å². The molecule has 1 fully saturated rings. The molecule has 0 atom stereocenters. The van der Waals surface area contributed by atoms with Crippen LogP contribution in [0.5, 0.6) is 0 Å². The minimum absolute atomic E-state index is 0.0473. The number of rotatable bonds is 8. The maximum atomic E-state index is 12.2. The number of nitro groups is 1. The molecule has 0 unspecified atom stereocenters. The van der Waals surface area contributed by atoms with E-state index in [0.29, 0.717) is 19.1 Å². The summed E-state index contributed by atoms with van der Waals surface area (Å²) in [5, 5.41) is 12.6. The Morgan fingerprint density at radius 3 is 2.00 bits per heavy atom. The van der Waals surface area contributed by atoms with E-state index in [1.54, 1.807) is 24.3 Å². The van der Waals surface area contributed by atoms with Crippen molar-refractivity contribution < 1.29 is 22.9 Å². The summed E-state index contributed by atoms with van der Waals surface area (Å²) in [4.78, 5) is 24.4. The highest BCUT2D eigenvalue weighted by Gasteiger charge is 2.29. The predicted molar refractivity (Wildman–Crippen MR) is 100 cm³/mol. The summed E-state index contributed by atoms with van der Waals surface area (Å²) in [5.74, 6) is -0.765. The summed E-state index contributed by atoms with van der Waals surface area (Å²) in [7, 11) is 0. The summed E-state index contributed by atoms with van der Waals surface area (Å²) in [5.41, 5.74) is 2.12. The highest BCUT2D eigenvalue weighted by molar-refractivity contribution is 5.94. The van der Waals surface area contributed by atoms with E-state index in [1.165, 1.54) is 24.3 Å². The van der Waals surface area contributed by atoms with Crippen LogP contribution < -0.4 is 5.32 Å². The molecule has 3 rings (SSSR count). The lowest BCUT2D eigenvalue weighted by Gasteiger charge is -2.22. The molecule has 2 aromatic rings. The van der Waals surface area contributed by atoms with Gasteiger partial charge in [0.25, 0.3) is 11.6 Å². The van der Waals surface area contributed by atoms with Crippen molar-refractivity contribution in [1.82, 2.24) is 10.2 Å². The van der Waals surface area contributed by atoms with Gasteiger partial charge in [-0.3, -0.25) is 19.8 Å². The van der Waals surface area contributed by atoms with Crippen LogP contribution in [0.15, 0.2) is 48.5 Å². The van der Waals surface area contributed by atoms with Crippen LogP contribution in [0.1, 0.15) is 34.3 Å². The first-order chi connectivity index (χ1) is 13.7. The molecule has 29 heavy (non-hydrogen) atoms. The number of carbonyl (C=O) groups excluding carboxylic acids is 1. The third-order valence-electron chi connectivity index (χ3n) is 4.65. The van der Waals surface area contributed by atoms with Gasteiger partial charge in [0.05, 0.1) is 4.92 Å². The van der Waals surface area contributed by atoms with Crippen molar-refractivity contribution in [3.05, 3.63) is 75.3 Å². The highest BCUT2D eigenvalue weighted by Crippen LogP contribution is 2.30. The lowest BCUT2D eigenvalue weighted by molar-refractivity contribution is -0.384. The van der Waals surface area contributed by atoms with Gasteiger partial charge < -0.3 is 5.32 Å². The molecular formula is C20H20F3N3O3. The Morgan fingerprint density at radius 1 is 1.03 bits per heavy atom. The molecule has 1 saturated carbocycles. The summed E-state index contributed by atoms with van der Waals surface area (Å²) < 4.78 is 36.6. The molecule has 2 aromatic carbocycles. The van der Waals surface area contributed by atoms with Crippen LogP contribution in [0.3, 0.4) is 0 Å². The van der Waals surface area contributed by atoms with Crippen molar-refractivity contribution in [2.24, 2.45) is 0 Å². The lowest BCUT2D eigenvalue weighted by atomic mass is 10.1. The van der Waals surface area contributed by atoms with Crippen LogP contribution in [-0.4, -0.2) is 34.5 Å². The van der Waals surface area contributed by atoms with Gasteiger partial charge in [0.15, 0.2) is 0 Å². The summed E-state index contributed by atoms with van der Waals surface area (Å²) in [6, 6.07) is 13.4. The van der Waals surface area contributed by atoms with E-state index in [9.17, 15) is 28.1 Å². The molecule has 0 heterocycles. The molecular weight excluding hydrogens is 387 g/mol. The summed E-state index contributed by atoms with van der Waals surface area (Å²) >= 11 is 0. The van der Waals surface area contributed by atoms with E-state index in [4.69, 9.17) is 0 Å². The molecule has 1 N–H and O–H groups in total. The number of non-ortho nitro benzene ring substituents is 1. The molecule has 0 aromatic heterocycles. The van der Waals surface area contributed by atoms with Gasteiger partial charge in [0.1, 0.15) is 6.54 Å². The molecule has 1 aliphatic rings. The average molecular weight is 407 g/mol. The number of benzene rings is 2. The van der Waals surface area contributed by atoms with Gasteiger partial charge in [-0.05, 0) is 36.1 Å². The summed E-state index contributed by atoms with van der Waals surface area (Å²) in [6.07, 6.45) is -2.30. The number of nitrogens with zero attached hydrogens (tertiary/aromatic N) is 2. The molecule has 6 nitrogen and oxygen atoms in total. The van der Waals surface area contributed by atoms with Gasteiger partial charge in [0, 0.05) is 36.8 Å². The van der Waals surface area contributed by atoms with Crippen LogP contribution in [0.25, 0.3) is 0 Å². The first-order valence-corrected chi connectivity index (χ1v) is 9.12. The molecule has 0 aliphatic heterocycles. The zero-order valence-electron chi connectivity index (χ0n) is 15.5. The first kappa shape index (κ1) is 20.8. The number of nitrogens with one attached hydrogen (secondary N) is 1. The normalized spacial score (nSPS) is 14.1. The Kier molecular flexibility index (Phi) is 6.17. The van der Waals surface area contributed by atoms with E-state index in [0.717, 1.165) is 24.0 Å². The minimum Gasteiger partial charge on any atom is -0.343 e. The Labute approximate surface area is 165 Å². The number of halogens is 3. The van der Waals surface area contributed by atoms with Crippen molar-refractivity contribution in [1.29, 1.82) is 0 Å². The zero-order valence-corrected chi connectivity index (χ0v) is 15.5. The second kappa shape index (κ2) is 8.60. The molecule has 0 saturated heterocycles. The molecule has 9 heteroatoms. The Balaban J connectivity index is 1.60. The first-order valence-electron chi connectivity index (χ1n) is 9.12. The van der Waals surface area contributed by atoms with Crippen LogP contribution in [-0.2, 0) is 13.1 Å². The highest BCUT2D eigenvalue weighted by atomic mass is 19.4. The van der Waals surface area contributed by atoms with E-state index in [1.807, 2.05) is 5.32 Å². The maximum absolute atomic E-state index is 12.2. The van der Waals surface area contributed by atoms with Gasteiger partial charge in [-0.2, -0.15) is 13.2 Å². The van der Waals surface area contributed by atoms with E-state index >= 15 is 0 Å². The Bertz CT molecular complexity index is 863. The van der Waals surface area contributed by atoms with Gasteiger partial charge in [-0.1, -0.05) is 24.3 Å². The molecule has 1 amide bonds. The molecule has 154 valence electrons. The van der Waals surface area contributed by atoms with E-state index in [2.05, 4.69) is 4.90 Å². The molecule has 1 aliphatic carbocycles. The molecule has 0 radical (unpaired) electrons. The fraction of sp³-hybridized carbons (Fsp3) is 0.350. The number of hydrogen-bond donors (Lipinski definition) is 1. The predicted octanol–water partition coefficient (Wildman–Crippen LogP) is 4.05. The number of nitro benzene ring substituents is 1. The zero-order chi connectivity index (χ0) is 21.0. The minimum atomic E-state index is -4.45. The van der Waals surface area contributed by atoms with Crippen molar-refractivity contribution >= 4 is 11.6 Å². The van der Waals surface area contributed by atoms with Crippen molar-refractivity contribution in [2.45, 2.75) is 38.1 Å². The van der Waals surface area contributed by atoms with Crippen molar-refractivity contribution in [3.8, 4) is 0 Å². The van der Waals surface area contributed by atoms with Crippen molar-refractivity contribution in [2.75, 3.05) is 6.54 Å². The van der Waals surface area contributed by atoms with E-state index in [-0.39, 0.29) is 11.3 Å². The number of carbonyl (C=O) groups is 1. The average Bonchev–Trinajstić information content (AvgIpc) is 3.51. The lowest BCUT2D eigenvalue weighted by Crippen LogP contribution is -2.33. The van der Waals surface area contributed by atoms with E-state index < -0.39 is 23.6 Å². The topological polar surface area (TPSA) is 75.5 Å². The fourth-order valence-electron chi connectivity index (χ4n) is 2.99. The standard InChI is InChI=1S/C20H20F3N3O3/c21-20(22,23)13-24-19(27)16-5-1-14(2-6-16)11-25(17-9-10-17)12-15-3-7-18(8-4-15)26(28)29/h1-8,17H,9-13H2,(H,24,27). The van der Waals surface area contributed by atoms with Crippen LogP contribution in [0, 0.1) is 10.1 Å². The van der Waals surface area contributed by atoms with Gasteiger partial charge in [-0.15, -0.1) is 0 Å². The molecule has 0 spiro atoms. The molecule has 0 bridgehead atoms. The van der Waals surface area contributed by atoms with Crippen LogP contribution in [0.4, 0.5) is 18.9 Å². The fourth-order valence-corrected chi connectivity index (χ4v) is 2.99. The second-order valence-electron chi connectivity index (χ2n) is 7.05. The summed E-state index contributed by atoms with van der Waals surface area (Å²) in [6.45, 7) is -0.110. The van der Waals surface area contributed by atoms with Gasteiger partial charge in [-0.25, -0.2) is 0 Å². The Hall–Kier alpha value is -2.94. The third-order valence-corrected chi connectivity index (χ3v) is 4.65. The van der Waals surface area contributed by atoms with Crippen LogP contribution >= 0.6 is 0 Å². The third kappa shape index (κ3) is 6.28. The monoisotopic (exact) mass is 407 g/mol. The van der Waals surface area contributed by atoms with Gasteiger partial charge >= 0.3 is 6.18 Å². The maximum Gasteiger partial charge on any atom is 0.405 e. The quantitative estimate of drug-likeness (QED) is 0.529. The number of hydrogen-bond acceptors (Lipinski definition) is 4.